The van der Waals surface area contributed by atoms with E-state index >= 15 is 0 Å². The van der Waals surface area contributed by atoms with E-state index < -0.39 is 23.8 Å². The van der Waals surface area contributed by atoms with Crippen LogP contribution in [0.5, 0.6) is 0 Å². The Bertz CT molecular complexity index is 278. The van der Waals surface area contributed by atoms with Gasteiger partial charge in [-0.05, 0) is 13.8 Å². The summed E-state index contributed by atoms with van der Waals surface area (Å²) in [4.78, 5) is 21.9. The van der Waals surface area contributed by atoms with E-state index in [1.807, 2.05) is 0 Å². The minimum atomic E-state index is -1.08. The number of cyclic esters (lactones) is 1. The third-order valence-corrected chi connectivity index (χ3v) is 1.69. The molecule has 0 amide bonds. The van der Waals surface area contributed by atoms with Gasteiger partial charge in [0.1, 0.15) is 0 Å². The molecule has 0 radical (unpaired) electrons. The summed E-state index contributed by atoms with van der Waals surface area (Å²) >= 11 is 0. The van der Waals surface area contributed by atoms with Crippen molar-refractivity contribution in [1.29, 1.82) is 0 Å². The Hall–Kier alpha value is -1.52. The molecule has 1 rings (SSSR count). The van der Waals surface area contributed by atoms with Crippen molar-refractivity contribution in [2.75, 3.05) is 6.61 Å². The second-order valence-electron chi connectivity index (χ2n) is 2.57. The molecule has 0 aromatic rings. The van der Waals surface area contributed by atoms with E-state index in [1.165, 1.54) is 6.92 Å². The second kappa shape index (κ2) is 3.47. The van der Waals surface area contributed by atoms with Crippen LogP contribution in [0.4, 0.5) is 0 Å². The van der Waals surface area contributed by atoms with Gasteiger partial charge in [-0.2, -0.15) is 0 Å². The van der Waals surface area contributed by atoms with Gasteiger partial charge in [-0.25, -0.2) is 9.59 Å². The first-order chi connectivity index (χ1) is 6.07. The van der Waals surface area contributed by atoms with Crippen LogP contribution in [-0.4, -0.2) is 29.8 Å². The molecule has 0 spiro atoms. The predicted molar refractivity (Wildman–Crippen MR) is 41.8 cm³/mol. The van der Waals surface area contributed by atoms with Crippen molar-refractivity contribution in [3.63, 3.8) is 0 Å². The SMILES string of the molecule is CCOC(=O)[C@@H]1OC(=O)C(O)=C1C. The van der Waals surface area contributed by atoms with E-state index in [2.05, 4.69) is 9.47 Å². The third kappa shape index (κ3) is 1.63. The fraction of sp³-hybridized carbons (Fsp3) is 0.500. The number of carbonyl (C=O) groups excluding carboxylic acids is 2. The van der Waals surface area contributed by atoms with Gasteiger partial charge in [-0.15, -0.1) is 0 Å². The molecule has 0 aromatic heterocycles. The fourth-order valence-electron chi connectivity index (χ4n) is 0.979. The van der Waals surface area contributed by atoms with Gasteiger partial charge in [0.25, 0.3) is 0 Å². The van der Waals surface area contributed by atoms with Crippen LogP contribution in [0.15, 0.2) is 11.3 Å². The zero-order valence-corrected chi connectivity index (χ0v) is 7.36. The summed E-state index contributed by atoms with van der Waals surface area (Å²) in [6.45, 7) is 3.30. The van der Waals surface area contributed by atoms with Crippen LogP contribution in [0.3, 0.4) is 0 Å². The Kier molecular flexibility index (Phi) is 2.55. The van der Waals surface area contributed by atoms with Gasteiger partial charge in [0.05, 0.1) is 6.61 Å². The molecule has 5 heteroatoms. The molecule has 1 atom stereocenters. The van der Waals surface area contributed by atoms with Gasteiger partial charge in [0, 0.05) is 5.57 Å². The molecule has 1 aliphatic rings. The van der Waals surface area contributed by atoms with Crippen LogP contribution < -0.4 is 0 Å². The quantitative estimate of drug-likeness (QED) is 0.628. The lowest BCUT2D eigenvalue weighted by Gasteiger charge is -2.08. The first-order valence-corrected chi connectivity index (χ1v) is 3.85. The first kappa shape index (κ1) is 9.57. The van der Waals surface area contributed by atoms with Gasteiger partial charge < -0.3 is 14.6 Å². The Morgan fingerprint density at radius 1 is 1.69 bits per heavy atom. The Labute approximate surface area is 74.9 Å². The van der Waals surface area contributed by atoms with E-state index in [4.69, 9.17) is 5.11 Å². The maximum absolute atomic E-state index is 11.1. The number of aliphatic hydroxyl groups excluding tert-OH is 1. The molecular weight excluding hydrogens is 176 g/mol. The summed E-state index contributed by atoms with van der Waals surface area (Å²) in [5.74, 6) is -2.04. The smallest absolute Gasteiger partial charge is 0.374 e. The Morgan fingerprint density at radius 3 is 2.69 bits per heavy atom. The van der Waals surface area contributed by atoms with Gasteiger partial charge in [0.15, 0.2) is 0 Å². The largest absolute Gasteiger partial charge is 0.502 e. The van der Waals surface area contributed by atoms with Crippen molar-refractivity contribution in [1.82, 2.24) is 0 Å². The van der Waals surface area contributed by atoms with Gasteiger partial charge in [0.2, 0.25) is 11.9 Å². The molecule has 1 N–H and O–H groups in total. The van der Waals surface area contributed by atoms with E-state index in [0.717, 1.165) is 0 Å². The summed E-state index contributed by atoms with van der Waals surface area (Å²) in [6.07, 6.45) is -1.08. The zero-order chi connectivity index (χ0) is 10.0. The highest BCUT2D eigenvalue weighted by atomic mass is 16.6. The summed E-state index contributed by atoms with van der Waals surface area (Å²) in [7, 11) is 0. The number of esters is 2. The molecule has 0 fully saturated rings. The van der Waals surface area contributed by atoms with E-state index in [-0.39, 0.29) is 12.2 Å². The minimum Gasteiger partial charge on any atom is -0.502 e. The lowest BCUT2D eigenvalue weighted by atomic mass is 10.2. The lowest BCUT2D eigenvalue weighted by Crippen LogP contribution is -2.25. The topological polar surface area (TPSA) is 72.8 Å². The van der Waals surface area contributed by atoms with Gasteiger partial charge >= 0.3 is 11.9 Å². The average Bonchev–Trinajstić information content (AvgIpc) is 2.33. The van der Waals surface area contributed by atoms with Crippen LogP contribution in [-0.2, 0) is 19.1 Å². The highest BCUT2D eigenvalue weighted by molar-refractivity contribution is 5.95. The van der Waals surface area contributed by atoms with Gasteiger partial charge in [-0.1, -0.05) is 0 Å². The summed E-state index contributed by atoms with van der Waals surface area (Å²) in [5.41, 5.74) is 0.198. The van der Waals surface area contributed by atoms with Crippen molar-refractivity contribution >= 4 is 11.9 Å². The van der Waals surface area contributed by atoms with Gasteiger partial charge in [-0.3, -0.25) is 0 Å². The lowest BCUT2D eigenvalue weighted by molar-refractivity contribution is -0.160. The van der Waals surface area contributed by atoms with Crippen LogP contribution in [0.1, 0.15) is 13.8 Å². The molecule has 0 aliphatic carbocycles. The molecule has 0 aromatic carbocycles. The fourth-order valence-corrected chi connectivity index (χ4v) is 0.979. The summed E-state index contributed by atoms with van der Waals surface area (Å²) in [5, 5.41) is 9.05. The number of rotatable bonds is 2. The predicted octanol–water partition coefficient (Wildman–Crippen LogP) is 0.307. The van der Waals surface area contributed by atoms with Crippen molar-refractivity contribution in [3.05, 3.63) is 11.3 Å². The molecule has 0 saturated heterocycles. The molecule has 1 aliphatic heterocycles. The maximum atomic E-state index is 11.1. The number of carbonyl (C=O) groups is 2. The van der Waals surface area contributed by atoms with Crippen molar-refractivity contribution in [3.8, 4) is 0 Å². The molecule has 5 nitrogen and oxygen atoms in total. The summed E-state index contributed by atoms with van der Waals surface area (Å²) in [6, 6.07) is 0. The highest BCUT2D eigenvalue weighted by Crippen LogP contribution is 2.21. The van der Waals surface area contributed by atoms with E-state index in [0.29, 0.717) is 0 Å². The molecule has 72 valence electrons. The van der Waals surface area contributed by atoms with Crippen molar-refractivity contribution in [2.24, 2.45) is 0 Å². The van der Waals surface area contributed by atoms with Crippen LogP contribution in [0.2, 0.25) is 0 Å². The molecule has 1 heterocycles. The standard InChI is InChI=1S/C8H10O5/c1-3-12-8(11)6-4(2)5(9)7(10)13-6/h6,9H,3H2,1-2H3/t6-/m1/s1. The third-order valence-electron chi connectivity index (χ3n) is 1.69. The van der Waals surface area contributed by atoms with E-state index in [9.17, 15) is 9.59 Å². The Morgan fingerprint density at radius 2 is 2.31 bits per heavy atom. The number of hydrogen-bond donors (Lipinski definition) is 1. The van der Waals surface area contributed by atoms with Crippen molar-refractivity contribution < 1.29 is 24.2 Å². The minimum absolute atomic E-state index is 0.198. The van der Waals surface area contributed by atoms with E-state index in [1.54, 1.807) is 6.92 Å². The van der Waals surface area contributed by atoms with Crippen molar-refractivity contribution in [2.45, 2.75) is 20.0 Å². The summed E-state index contributed by atoms with van der Waals surface area (Å²) < 4.78 is 9.19. The number of aliphatic hydroxyl groups is 1. The second-order valence-corrected chi connectivity index (χ2v) is 2.57. The number of hydrogen-bond acceptors (Lipinski definition) is 5. The zero-order valence-electron chi connectivity index (χ0n) is 7.36. The monoisotopic (exact) mass is 186 g/mol. The van der Waals surface area contributed by atoms with Crippen LogP contribution in [0, 0.1) is 0 Å². The molecule has 0 bridgehead atoms. The van der Waals surface area contributed by atoms with Crippen LogP contribution in [0.25, 0.3) is 0 Å². The van der Waals surface area contributed by atoms with Crippen LogP contribution >= 0.6 is 0 Å². The first-order valence-electron chi connectivity index (χ1n) is 3.85. The maximum Gasteiger partial charge on any atom is 0.374 e. The molecule has 0 saturated carbocycles. The molecule has 0 unspecified atom stereocenters. The average molecular weight is 186 g/mol. The Balaban J connectivity index is 2.76. The highest BCUT2D eigenvalue weighted by Gasteiger charge is 2.37. The molecular formula is C8H10O5. The number of ether oxygens (including phenoxy) is 2. The normalized spacial score (nSPS) is 21.7. The molecule has 13 heavy (non-hydrogen) atoms.